The molecule has 0 radical (unpaired) electrons. The summed E-state index contributed by atoms with van der Waals surface area (Å²) in [5.74, 6) is -1.80. The molecule has 0 aliphatic heterocycles. The first kappa shape index (κ1) is 42.4. The zero-order chi connectivity index (χ0) is 41.9. The molecule has 0 aliphatic rings. The topological polar surface area (TPSA) is 138 Å². The Kier molecular flexibility index (Phi) is 13.0. The summed E-state index contributed by atoms with van der Waals surface area (Å²) in [4.78, 5) is 32.9. The van der Waals surface area contributed by atoms with E-state index in [1.165, 1.54) is 25.3 Å². The lowest BCUT2D eigenvalue weighted by Gasteiger charge is -2.24. The van der Waals surface area contributed by atoms with Crippen molar-refractivity contribution in [1.82, 2.24) is 24.6 Å². The largest absolute Gasteiger partial charge is 0.497 e. The Morgan fingerprint density at radius 3 is 2.36 bits per heavy atom. The van der Waals surface area contributed by atoms with E-state index in [1.807, 2.05) is 6.92 Å². The fourth-order valence-corrected chi connectivity index (χ4v) is 7.83. The molecule has 2 aromatic heterocycles. The molecule has 0 saturated carbocycles. The molecular weight excluding hydrogens is 872 g/mol. The number of hydrogen-bond acceptors (Lipinski definition) is 8. The standard InChI is InChI=1S/C39H36BrClF4N6O6S/c1-4-5-14-57-39(53)47-31(17-23-15-25(42)19-26(43)16-23)36-46-30-18-24(40)8-11-28(30)38(52)51(36)32-13-12-29(41)34-35(32)49(21-33(44)45)48-37(34)50(58(3,54)55)20-22-6-9-27(56-2)10-7-22/h6-13,15-16,18-19,31,33H,4-5,14,17,20-21H2,1-3H3,(H,47,53)/t31-/m0/s1. The number of aromatic nitrogens is 4. The third-order valence-corrected chi connectivity index (χ3v) is 10.9. The van der Waals surface area contributed by atoms with Crippen LogP contribution in [-0.4, -0.2) is 60.2 Å². The van der Waals surface area contributed by atoms with Gasteiger partial charge in [-0.15, -0.1) is 0 Å². The number of alkyl carbamates (subject to hydrolysis) is 1. The number of unbranched alkanes of at least 4 members (excludes halogenated alkanes) is 1. The van der Waals surface area contributed by atoms with Crippen LogP contribution in [0.25, 0.3) is 27.5 Å². The molecule has 306 valence electrons. The normalized spacial score (nSPS) is 12.3. The number of carbonyl (C=O) groups is 1. The van der Waals surface area contributed by atoms with Gasteiger partial charge < -0.3 is 14.8 Å². The van der Waals surface area contributed by atoms with E-state index in [9.17, 15) is 35.6 Å². The summed E-state index contributed by atoms with van der Waals surface area (Å²) in [5.41, 5.74) is -0.319. The zero-order valence-electron chi connectivity index (χ0n) is 31.2. The molecule has 1 amide bonds. The number of nitrogens with zero attached hydrogens (tertiary/aromatic N) is 5. The summed E-state index contributed by atoms with van der Waals surface area (Å²) >= 11 is 10.2. The molecule has 0 bridgehead atoms. The van der Waals surface area contributed by atoms with Crippen LogP contribution < -0.4 is 19.9 Å². The van der Waals surface area contributed by atoms with Crippen molar-refractivity contribution in [1.29, 1.82) is 0 Å². The number of fused-ring (bicyclic) bond motifs is 2. The first-order chi connectivity index (χ1) is 27.6. The number of carbonyl (C=O) groups excluding carboxylic acids is 1. The molecule has 0 fully saturated rings. The van der Waals surface area contributed by atoms with Gasteiger partial charge >= 0.3 is 6.09 Å². The number of nitrogens with one attached hydrogen (secondary N) is 1. The second-order valence-corrected chi connectivity index (χ2v) is 16.5. The Morgan fingerprint density at radius 2 is 1.72 bits per heavy atom. The van der Waals surface area contributed by atoms with Gasteiger partial charge in [-0.1, -0.05) is 53.0 Å². The van der Waals surface area contributed by atoms with Gasteiger partial charge in [-0.05, 0) is 72.1 Å². The van der Waals surface area contributed by atoms with Gasteiger partial charge in [0.2, 0.25) is 10.0 Å². The second kappa shape index (κ2) is 17.7. The molecule has 19 heteroatoms. The highest BCUT2D eigenvalue weighted by Crippen LogP contribution is 2.39. The minimum Gasteiger partial charge on any atom is -0.497 e. The zero-order valence-corrected chi connectivity index (χ0v) is 34.3. The lowest BCUT2D eigenvalue weighted by Crippen LogP contribution is -2.36. The molecule has 12 nitrogen and oxygen atoms in total. The molecule has 0 spiro atoms. The summed E-state index contributed by atoms with van der Waals surface area (Å²) in [5, 5.41) is 6.94. The quantitative estimate of drug-likeness (QED) is 0.0801. The summed E-state index contributed by atoms with van der Waals surface area (Å²) in [6.45, 7) is 0.576. The molecule has 2 heterocycles. The Balaban J connectivity index is 1.66. The van der Waals surface area contributed by atoms with Crippen LogP contribution in [0.4, 0.5) is 28.2 Å². The van der Waals surface area contributed by atoms with Gasteiger partial charge in [-0.25, -0.2) is 40.1 Å². The maximum atomic E-state index is 14.8. The number of alkyl halides is 2. The number of hydrogen-bond donors (Lipinski definition) is 1. The number of ether oxygens (including phenoxy) is 2. The van der Waals surface area contributed by atoms with Crippen molar-refractivity contribution >= 4 is 71.3 Å². The summed E-state index contributed by atoms with van der Waals surface area (Å²) < 4.78 is 98.8. The lowest BCUT2D eigenvalue weighted by molar-refractivity contribution is 0.123. The number of methoxy groups -OCH3 is 1. The van der Waals surface area contributed by atoms with Gasteiger partial charge in [0, 0.05) is 17.0 Å². The molecule has 1 N–H and O–H groups in total. The Labute approximate surface area is 343 Å². The van der Waals surface area contributed by atoms with Crippen molar-refractivity contribution in [2.24, 2.45) is 0 Å². The number of anilines is 1. The molecule has 6 rings (SSSR count). The van der Waals surface area contributed by atoms with Gasteiger partial charge in [-0.3, -0.25) is 14.0 Å². The summed E-state index contributed by atoms with van der Waals surface area (Å²) in [7, 11) is -2.72. The lowest BCUT2D eigenvalue weighted by atomic mass is 10.0. The smallest absolute Gasteiger partial charge is 0.407 e. The highest BCUT2D eigenvalue weighted by molar-refractivity contribution is 9.10. The predicted octanol–water partition coefficient (Wildman–Crippen LogP) is 8.48. The minimum absolute atomic E-state index is 0.0370. The first-order valence-corrected chi connectivity index (χ1v) is 20.8. The van der Waals surface area contributed by atoms with Crippen LogP contribution in [0.5, 0.6) is 5.75 Å². The van der Waals surface area contributed by atoms with Crippen molar-refractivity contribution in [3.8, 4) is 11.4 Å². The number of amides is 1. The highest BCUT2D eigenvalue weighted by Gasteiger charge is 2.31. The molecule has 1 atom stereocenters. The first-order valence-electron chi connectivity index (χ1n) is 17.8. The highest BCUT2D eigenvalue weighted by atomic mass is 79.9. The van der Waals surface area contributed by atoms with Crippen LogP contribution in [0.1, 0.15) is 42.8 Å². The number of rotatable bonds is 15. The molecule has 0 aliphatic carbocycles. The van der Waals surface area contributed by atoms with Gasteiger partial charge in [0.05, 0.1) is 65.1 Å². The van der Waals surface area contributed by atoms with E-state index in [4.69, 9.17) is 26.1 Å². The van der Waals surface area contributed by atoms with E-state index in [0.29, 0.717) is 34.7 Å². The van der Waals surface area contributed by atoms with E-state index in [0.717, 1.165) is 31.9 Å². The molecule has 0 saturated heterocycles. The summed E-state index contributed by atoms with van der Waals surface area (Å²) in [6.07, 6.45) is -2.12. The van der Waals surface area contributed by atoms with Crippen LogP contribution in [0, 0.1) is 11.6 Å². The maximum absolute atomic E-state index is 14.8. The third kappa shape index (κ3) is 9.40. The second-order valence-electron chi connectivity index (χ2n) is 13.2. The minimum atomic E-state index is -4.19. The number of sulfonamides is 1. The summed E-state index contributed by atoms with van der Waals surface area (Å²) in [6, 6.07) is 15.2. The predicted molar refractivity (Wildman–Crippen MR) is 216 cm³/mol. The van der Waals surface area contributed by atoms with E-state index in [1.54, 1.807) is 36.4 Å². The van der Waals surface area contributed by atoms with E-state index in [2.05, 4.69) is 26.3 Å². The Bertz CT molecular complexity index is 2640. The third-order valence-electron chi connectivity index (χ3n) is 9.03. The average Bonchev–Trinajstić information content (AvgIpc) is 3.52. The van der Waals surface area contributed by atoms with Crippen molar-refractivity contribution < 1.29 is 40.2 Å². The number of halogens is 6. The van der Waals surface area contributed by atoms with Gasteiger partial charge in [0.1, 0.15) is 29.8 Å². The fraction of sp³-hybridized carbons (Fsp3) is 0.282. The van der Waals surface area contributed by atoms with Gasteiger partial charge in [0.15, 0.2) is 5.82 Å². The van der Waals surface area contributed by atoms with E-state index >= 15 is 0 Å². The van der Waals surface area contributed by atoms with Crippen molar-refractivity contribution in [3.63, 3.8) is 0 Å². The van der Waals surface area contributed by atoms with Crippen molar-refractivity contribution in [2.75, 3.05) is 24.3 Å². The molecular formula is C39H36BrClF4N6O6S. The van der Waals surface area contributed by atoms with Crippen LogP contribution in [-0.2, 0) is 34.3 Å². The molecule has 4 aromatic carbocycles. The van der Waals surface area contributed by atoms with Gasteiger partial charge in [0.25, 0.3) is 12.0 Å². The Morgan fingerprint density at radius 1 is 1.02 bits per heavy atom. The van der Waals surface area contributed by atoms with Gasteiger partial charge in [-0.2, -0.15) is 5.10 Å². The van der Waals surface area contributed by atoms with Crippen LogP contribution >= 0.6 is 27.5 Å². The van der Waals surface area contributed by atoms with Crippen LogP contribution in [0.15, 0.2) is 82.1 Å². The Hall–Kier alpha value is -5.20. The van der Waals surface area contributed by atoms with Crippen LogP contribution in [0.2, 0.25) is 5.02 Å². The molecule has 6 aromatic rings. The van der Waals surface area contributed by atoms with Crippen molar-refractivity contribution in [2.45, 2.75) is 51.7 Å². The van der Waals surface area contributed by atoms with Crippen molar-refractivity contribution in [3.05, 3.63) is 121 Å². The molecule has 0 unspecified atom stereocenters. The average molecular weight is 908 g/mol. The number of benzene rings is 4. The molecule has 58 heavy (non-hydrogen) atoms. The maximum Gasteiger partial charge on any atom is 0.407 e. The SMILES string of the molecule is CCCCOC(=O)N[C@@H](Cc1cc(F)cc(F)c1)c1nc2cc(Br)ccc2c(=O)n1-c1ccc(Cl)c2c(N(Cc3ccc(OC)cc3)S(C)(=O)=O)nn(CC(F)F)c12. The van der Waals surface area contributed by atoms with E-state index in [-0.39, 0.29) is 69.3 Å². The fourth-order valence-electron chi connectivity index (χ4n) is 6.41. The van der Waals surface area contributed by atoms with Crippen LogP contribution in [0.3, 0.4) is 0 Å². The van der Waals surface area contributed by atoms with E-state index < -0.39 is 52.3 Å². The monoisotopic (exact) mass is 906 g/mol.